The van der Waals surface area contributed by atoms with Crippen LogP contribution < -0.4 is 15.6 Å². The molecule has 4 atom stereocenters. The number of amides is 2. The summed E-state index contributed by atoms with van der Waals surface area (Å²) < 4.78 is 74.7. The number of fused-ring (bicyclic) bond motifs is 4. The first-order valence-electron chi connectivity index (χ1n) is 24.3. The Morgan fingerprint density at radius 1 is 0.653 bits per heavy atom. The predicted octanol–water partition coefficient (Wildman–Crippen LogP) is 8.89. The van der Waals surface area contributed by atoms with Crippen LogP contribution in [0.15, 0.2) is 88.7 Å². The van der Waals surface area contributed by atoms with Crippen LogP contribution in [0.25, 0.3) is 0 Å². The first-order chi connectivity index (χ1) is 34.8. The van der Waals surface area contributed by atoms with E-state index >= 15 is 0 Å². The van der Waals surface area contributed by atoms with Gasteiger partial charge in [-0.15, -0.1) is 0 Å². The molecule has 2 aliphatic carbocycles. The highest BCUT2D eigenvalue weighted by molar-refractivity contribution is 6.01. The first kappa shape index (κ1) is 57.4. The quantitative estimate of drug-likeness (QED) is 0.0702. The largest absolute Gasteiger partial charge is 0.503 e. The van der Waals surface area contributed by atoms with Gasteiger partial charge in [0.2, 0.25) is 10.9 Å². The maximum absolute atomic E-state index is 14.2. The van der Waals surface area contributed by atoms with Crippen LogP contribution in [0.5, 0.6) is 11.5 Å². The highest BCUT2D eigenvalue weighted by atomic mass is 19.1. The Hall–Kier alpha value is -6.92. The molecule has 75 heavy (non-hydrogen) atoms. The third-order valence-corrected chi connectivity index (χ3v) is 14.6. The van der Waals surface area contributed by atoms with Crippen LogP contribution in [0.2, 0.25) is 0 Å². The number of pyridine rings is 2. The molecule has 402 valence electrons. The van der Waals surface area contributed by atoms with Gasteiger partial charge >= 0.3 is 0 Å². The van der Waals surface area contributed by atoms with Crippen molar-refractivity contribution in [2.45, 2.75) is 111 Å². The molecule has 5 aromatic rings. The van der Waals surface area contributed by atoms with Crippen LogP contribution in [0.1, 0.15) is 127 Å². The Morgan fingerprint density at radius 3 is 1.53 bits per heavy atom. The third kappa shape index (κ3) is 11.1. The average molecular weight is 1040 g/mol. The molecular weight excluding hydrogens is 977 g/mol. The fourth-order valence-corrected chi connectivity index (χ4v) is 10.3. The number of aromatic nitrogens is 2. The van der Waals surface area contributed by atoms with E-state index in [2.05, 4.69) is 0 Å². The summed E-state index contributed by atoms with van der Waals surface area (Å²) in [7, 11) is 3.19. The van der Waals surface area contributed by atoms with Crippen LogP contribution in [-0.4, -0.2) is 100 Å². The van der Waals surface area contributed by atoms with Crippen molar-refractivity contribution >= 4 is 23.4 Å². The maximum atomic E-state index is 14.2. The number of hydrogen-bond donors (Lipinski definition) is 1. The van der Waals surface area contributed by atoms with Crippen molar-refractivity contribution in [1.29, 1.82) is 0 Å². The summed E-state index contributed by atoms with van der Waals surface area (Å²) in [6, 6.07) is 15.2. The van der Waals surface area contributed by atoms with Crippen molar-refractivity contribution in [2.24, 2.45) is 11.8 Å². The van der Waals surface area contributed by atoms with E-state index in [0.717, 1.165) is 29.8 Å². The molecule has 0 saturated heterocycles. The summed E-state index contributed by atoms with van der Waals surface area (Å²) in [5.41, 5.74) is -1.98. The topological polar surface area (TPSA) is 167 Å². The number of ketones is 2. The minimum Gasteiger partial charge on any atom is -0.503 e. The van der Waals surface area contributed by atoms with E-state index in [1.54, 1.807) is 33.2 Å². The summed E-state index contributed by atoms with van der Waals surface area (Å²) in [5.74, 6) is -5.66. The number of ether oxygens (including phenoxy) is 3. The molecule has 2 saturated carbocycles. The summed E-state index contributed by atoms with van der Waals surface area (Å²) in [5, 5.41) is 10.7. The number of carbonyl (C=O) groups excluding carboxylic acids is 4. The SMILES string of the molecule is C.C.COC[C@@H]1C[C@@]12CN(C(C)C)C(=O)c1c(O)c(=O)c(C(=O)CCc3ccc(F)cc3F)cn12.COC[C@@H]1C[C@@]12CN(C(C)C)C(=O)c1c(OCc3ccccc3)c(=O)c(C(=O)CCc3ccc(F)cc3F)cn12. The standard InChI is InChI=1S/C31H32F2N2O5.C24H26F2N2O5.2CH4/c1-19(2)34-18-31(14-22(31)17-39-3)35-15-24(26(36)12-10-21-9-11-23(32)13-25(21)33)28(37)29(27(35)30(34)38)40-16-20-7-5-4-6-8-20;1-13(2)27-12-24(9-15(24)11-33-3)28-10-17(21(30)22(31)20(28)23(27)32)19(29)7-5-14-4-6-16(25)8-18(14)26;;/h4-9,11,13,15,19,22H,10,12,14,16-18H2,1-3H3;4,6,8,10,13,15,31H,5,7,9,11-12H2,1-3H3;2*1H4/t22-,31+;15-,24+;;/m00../s1. The second-order valence-electron chi connectivity index (χ2n) is 19.9. The van der Waals surface area contributed by atoms with Gasteiger partial charge in [0.25, 0.3) is 11.8 Å². The van der Waals surface area contributed by atoms with E-state index in [1.807, 2.05) is 58.0 Å². The van der Waals surface area contributed by atoms with E-state index in [4.69, 9.17) is 14.2 Å². The van der Waals surface area contributed by atoms with Crippen molar-refractivity contribution in [2.75, 3.05) is 40.5 Å². The van der Waals surface area contributed by atoms with Crippen LogP contribution in [0.3, 0.4) is 0 Å². The van der Waals surface area contributed by atoms with Crippen LogP contribution in [0.4, 0.5) is 17.6 Å². The van der Waals surface area contributed by atoms with Crippen LogP contribution >= 0.6 is 0 Å². The molecule has 2 amide bonds. The van der Waals surface area contributed by atoms with Gasteiger partial charge in [0.05, 0.1) is 35.4 Å². The highest BCUT2D eigenvalue weighted by Crippen LogP contribution is 2.55. The number of aryl methyl sites for hydroxylation is 2. The summed E-state index contributed by atoms with van der Waals surface area (Å²) in [4.78, 5) is 83.2. The number of aromatic hydroxyl groups is 1. The Morgan fingerprint density at radius 2 is 1.09 bits per heavy atom. The van der Waals surface area contributed by atoms with Crippen molar-refractivity contribution < 1.29 is 56.1 Å². The van der Waals surface area contributed by atoms with Gasteiger partial charge in [-0.25, -0.2) is 17.6 Å². The fraction of sp³-hybridized carbons (Fsp3) is 0.439. The molecule has 4 heterocycles. The van der Waals surface area contributed by atoms with E-state index in [-0.39, 0.29) is 116 Å². The monoisotopic (exact) mass is 1040 g/mol. The molecule has 3 aromatic carbocycles. The Labute approximate surface area is 433 Å². The number of benzene rings is 3. The molecular formula is C57H66F4N4O10. The lowest BCUT2D eigenvalue weighted by molar-refractivity contribution is 0.0535. The normalized spacial score (nSPS) is 20.0. The molecule has 14 nitrogen and oxygen atoms in total. The lowest BCUT2D eigenvalue weighted by atomic mass is 9.99. The van der Waals surface area contributed by atoms with Crippen LogP contribution in [-0.2, 0) is 40.0 Å². The number of carbonyl (C=O) groups is 4. The van der Waals surface area contributed by atoms with Crippen molar-refractivity contribution in [1.82, 2.24) is 18.9 Å². The summed E-state index contributed by atoms with van der Waals surface area (Å²) in [6.07, 6.45) is 3.77. The number of hydrogen-bond acceptors (Lipinski definition) is 10. The zero-order valence-corrected chi connectivity index (χ0v) is 41.5. The number of nitrogens with zero attached hydrogens (tertiary/aromatic N) is 4. The van der Waals surface area contributed by atoms with Gasteiger partial charge in [0.15, 0.2) is 34.5 Å². The average Bonchev–Trinajstić information content (AvgIpc) is 4.25. The Kier molecular flexibility index (Phi) is 17.5. The van der Waals surface area contributed by atoms with Gasteiger partial charge in [-0.3, -0.25) is 28.8 Å². The van der Waals surface area contributed by atoms with E-state index in [9.17, 15) is 51.4 Å². The smallest absolute Gasteiger partial charge is 0.274 e. The molecule has 0 radical (unpaired) electrons. The molecule has 2 spiro atoms. The second kappa shape index (κ2) is 22.9. The van der Waals surface area contributed by atoms with Gasteiger partial charge in [-0.2, -0.15) is 0 Å². The third-order valence-electron chi connectivity index (χ3n) is 14.6. The minimum atomic E-state index is -0.927. The molecule has 2 aromatic heterocycles. The first-order valence-corrected chi connectivity index (χ1v) is 24.3. The fourth-order valence-electron chi connectivity index (χ4n) is 10.3. The van der Waals surface area contributed by atoms with Gasteiger partial charge in [-0.05, 0) is 82.2 Å². The molecule has 4 aliphatic rings. The molecule has 18 heteroatoms. The predicted molar refractivity (Wildman–Crippen MR) is 274 cm³/mol. The Bertz CT molecular complexity index is 3110. The van der Waals surface area contributed by atoms with Gasteiger partial charge in [-0.1, -0.05) is 57.3 Å². The van der Waals surface area contributed by atoms with Gasteiger partial charge in [0.1, 0.15) is 29.9 Å². The Balaban J connectivity index is 0.000000242. The highest BCUT2D eigenvalue weighted by Gasteiger charge is 2.62. The molecule has 1 N–H and O–H groups in total. The number of rotatable bonds is 17. The number of methoxy groups -OCH3 is 2. The van der Waals surface area contributed by atoms with E-state index in [0.29, 0.717) is 39.1 Å². The zero-order chi connectivity index (χ0) is 52.7. The number of Topliss-reactive ketones (excluding diaryl/α,β-unsaturated/α-hetero) is 2. The van der Waals surface area contributed by atoms with Crippen molar-refractivity contribution in [3.8, 4) is 11.5 Å². The lowest BCUT2D eigenvalue weighted by Crippen LogP contribution is -2.52. The molecule has 0 bridgehead atoms. The van der Waals surface area contributed by atoms with Crippen molar-refractivity contribution in [3.05, 3.63) is 162 Å². The number of halogens is 4. The van der Waals surface area contributed by atoms with E-state index < -0.39 is 68.4 Å². The molecule has 9 rings (SSSR count). The zero-order valence-electron chi connectivity index (χ0n) is 41.5. The van der Waals surface area contributed by atoms with Crippen LogP contribution in [0, 0.1) is 35.1 Å². The minimum absolute atomic E-state index is 0. The second-order valence-corrected chi connectivity index (χ2v) is 19.9. The molecule has 0 unspecified atom stereocenters. The summed E-state index contributed by atoms with van der Waals surface area (Å²) in [6.45, 7) is 9.27. The molecule has 2 aliphatic heterocycles. The van der Waals surface area contributed by atoms with Crippen molar-refractivity contribution in [3.63, 3.8) is 0 Å². The summed E-state index contributed by atoms with van der Waals surface area (Å²) >= 11 is 0. The van der Waals surface area contributed by atoms with Gasteiger partial charge in [0, 0.05) is 88.6 Å². The molecule has 2 fully saturated rings. The maximum Gasteiger partial charge on any atom is 0.274 e. The van der Waals surface area contributed by atoms with E-state index in [1.165, 1.54) is 24.5 Å². The lowest BCUT2D eigenvalue weighted by Gasteiger charge is -2.40. The van der Waals surface area contributed by atoms with Gasteiger partial charge < -0.3 is 38.3 Å².